The third-order valence-corrected chi connectivity index (χ3v) is 6.23. The fraction of sp³-hybridized carbons (Fsp3) is 0.400. The van der Waals surface area contributed by atoms with Crippen molar-refractivity contribution < 1.29 is 9.53 Å². The first-order valence-electron chi connectivity index (χ1n) is 9.25. The molecule has 1 aliphatic rings. The van der Waals surface area contributed by atoms with Crippen molar-refractivity contribution in [2.24, 2.45) is 0 Å². The number of thiophene rings is 1. The molecule has 4 rings (SSSR count). The smallest absolute Gasteiger partial charge is 0.261 e. The minimum atomic E-state index is 0.00716. The van der Waals surface area contributed by atoms with E-state index in [2.05, 4.69) is 38.4 Å². The molecule has 6 nitrogen and oxygen atoms in total. The number of nitrogens with one attached hydrogen (secondary N) is 2. The number of carbonyl (C=O) groups is 1. The van der Waals surface area contributed by atoms with Crippen LogP contribution in [0.3, 0.4) is 0 Å². The molecule has 0 spiro atoms. The summed E-state index contributed by atoms with van der Waals surface area (Å²) in [6.45, 7) is 3.83. The molecule has 142 valence electrons. The summed E-state index contributed by atoms with van der Waals surface area (Å²) in [5.74, 6) is 1.36. The summed E-state index contributed by atoms with van der Waals surface area (Å²) in [5.41, 5.74) is 1.20. The van der Waals surface area contributed by atoms with Gasteiger partial charge in [0, 0.05) is 43.2 Å². The Kier molecular flexibility index (Phi) is 5.52. The number of amides is 1. The normalized spacial score (nSPS) is 17.6. The van der Waals surface area contributed by atoms with Gasteiger partial charge in [0.2, 0.25) is 0 Å². The SMILES string of the molecule is COCCNC(=O)c1sc2ccccc2c1[C@H]1CCN(Cc2ncc[nH]2)C1. The van der Waals surface area contributed by atoms with Crippen molar-refractivity contribution in [2.75, 3.05) is 33.4 Å². The number of fused-ring (bicyclic) bond motifs is 1. The van der Waals surface area contributed by atoms with Crippen molar-refractivity contribution in [3.05, 3.63) is 52.9 Å². The standard InChI is InChI=1S/C20H24N4O2S/c1-26-11-9-23-20(25)19-18(15-4-2-3-5-16(15)27-19)14-6-10-24(12-14)13-17-21-7-8-22-17/h2-5,7-8,14H,6,9-13H2,1H3,(H,21,22)(H,23,25)/t14-/m0/s1. The van der Waals surface area contributed by atoms with Crippen LogP contribution in [-0.4, -0.2) is 54.1 Å². The molecule has 0 bridgehead atoms. The molecule has 1 atom stereocenters. The lowest BCUT2D eigenvalue weighted by Crippen LogP contribution is -2.27. The van der Waals surface area contributed by atoms with E-state index in [1.54, 1.807) is 24.6 Å². The first kappa shape index (κ1) is 18.2. The summed E-state index contributed by atoms with van der Waals surface area (Å²) in [4.78, 5) is 23.6. The Bertz CT molecular complexity index is 906. The van der Waals surface area contributed by atoms with Crippen molar-refractivity contribution in [1.29, 1.82) is 0 Å². The van der Waals surface area contributed by atoms with Crippen LogP contribution in [0.2, 0.25) is 0 Å². The van der Waals surface area contributed by atoms with Gasteiger partial charge < -0.3 is 15.0 Å². The second kappa shape index (κ2) is 8.21. The van der Waals surface area contributed by atoms with Gasteiger partial charge in [-0.15, -0.1) is 11.3 Å². The number of methoxy groups -OCH3 is 1. The van der Waals surface area contributed by atoms with Crippen molar-refractivity contribution >= 4 is 27.3 Å². The van der Waals surface area contributed by atoms with Crippen molar-refractivity contribution in [3.8, 4) is 0 Å². The van der Waals surface area contributed by atoms with E-state index >= 15 is 0 Å². The van der Waals surface area contributed by atoms with Crippen LogP contribution in [0.1, 0.15) is 33.4 Å². The van der Waals surface area contributed by atoms with Crippen molar-refractivity contribution in [2.45, 2.75) is 18.9 Å². The van der Waals surface area contributed by atoms with E-state index in [1.807, 2.05) is 12.3 Å². The van der Waals surface area contributed by atoms with E-state index in [1.165, 1.54) is 15.6 Å². The van der Waals surface area contributed by atoms with Gasteiger partial charge in [-0.1, -0.05) is 18.2 Å². The first-order valence-corrected chi connectivity index (χ1v) is 10.1. The Balaban J connectivity index is 1.58. The molecular formula is C20H24N4O2S. The molecule has 1 saturated heterocycles. The molecule has 2 aromatic heterocycles. The van der Waals surface area contributed by atoms with Gasteiger partial charge in [-0.05, 0) is 30.0 Å². The molecule has 0 saturated carbocycles. The first-order chi connectivity index (χ1) is 13.3. The number of rotatable bonds is 7. The number of aromatic amines is 1. The highest BCUT2D eigenvalue weighted by molar-refractivity contribution is 7.21. The summed E-state index contributed by atoms with van der Waals surface area (Å²) < 4.78 is 6.23. The minimum absolute atomic E-state index is 0.00716. The molecule has 7 heteroatoms. The number of hydrogen-bond acceptors (Lipinski definition) is 5. The van der Waals surface area contributed by atoms with E-state index in [-0.39, 0.29) is 5.91 Å². The monoisotopic (exact) mass is 384 g/mol. The average molecular weight is 385 g/mol. The van der Waals surface area contributed by atoms with Crippen LogP contribution in [0.5, 0.6) is 0 Å². The predicted octanol–water partition coefficient (Wildman–Crippen LogP) is 2.99. The average Bonchev–Trinajstić information content (AvgIpc) is 3.41. The van der Waals surface area contributed by atoms with Gasteiger partial charge in [0.25, 0.3) is 5.91 Å². The number of carbonyl (C=O) groups excluding carboxylic acids is 1. The number of benzene rings is 1. The number of ether oxygens (including phenoxy) is 1. The van der Waals surface area contributed by atoms with Gasteiger partial charge >= 0.3 is 0 Å². The zero-order valence-electron chi connectivity index (χ0n) is 15.4. The number of H-pyrrole nitrogens is 1. The zero-order chi connectivity index (χ0) is 18.6. The topological polar surface area (TPSA) is 70.2 Å². The summed E-state index contributed by atoms with van der Waals surface area (Å²) in [7, 11) is 1.64. The van der Waals surface area contributed by atoms with Crippen LogP contribution < -0.4 is 5.32 Å². The fourth-order valence-corrected chi connectivity index (χ4v) is 5.00. The van der Waals surface area contributed by atoms with E-state index in [0.717, 1.165) is 36.8 Å². The van der Waals surface area contributed by atoms with Crippen molar-refractivity contribution in [3.63, 3.8) is 0 Å². The molecule has 3 aromatic rings. The second-order valence-electron chi connectivity index (χ2n) is 6.85. The molecule has 0 aliphatic carbocycles. The highest BCUT2D eigenvalue weighted by Crippen LogP contribution is 2.40. The maximum absolute atomic E-state index is 12.8. The molecular weight excluding hydrogens is 360 g/mol. The van der Waals surface area contributed by atoms with E-state index in [4.69, 9.17) is 4.74 Å². The lowest BCUT2D eigenvalue weighted by molar-refractivity contribution is 0.0940. The predicted molar refractivity (Wildman–Crippen MR) is 107 cm³/mol. The van der Waals surface area contributed by atoms with Gasteiger partial charge in [0.1, 0.15) is 5.82 Å². The van der Waals surface area contributed by atoms with Gasteiger partial charge in [-0.2, -0.15) is 0 Å². The van der Waals surface area contributed by atoms with Gasteiger partial charge in [0.05, 0.1) is 18.0 Å². The number of hydrogen-bond donors (Lipinski definition) is 2. The second-order valence-corrected chi connectivity index (χ2v) is 7.90. The lowest BCUT2D eigenvalue weighted by atomic mass is 9.95. The quantitative estimate of drug-likeness (QED) is 0.615. The molecule has 2 N–H and O–H groups in total. The summed E-state index contributed by atoms with van der Waals surface area (Å²) >= 11 is 1.59. The Morgan fingerprint density at radius 3 is 3.15 bits per heavy atom. The molecule has 3 heterocycles. The number of imidazole rings is 1. The maximum Gasteiger partial charge on any atom is 0.261 e. The highest BCUT2D eigenvalue weighted by atomic mass is 32.1. The molecule has 1 fully saturated rings. The lowest BCUT2D eigenvalue weighted by Gasteiger charge is -2.15. The van der Waals surface area contributed by atoms with Crippen LogP contribution >= 0.6 is 11.3 Å². The minimum Gasteiger partial charge on any atom is -0.383 e. The summed E-state index contributed by atoms with van der Waals surface area (Å²) in [6.07, 6.45) is 4.70. The maximum atomic E-state index is 12.8. The van der Waals surface area contributed by atoms with Gasteiger partial charge in [0.15, 0.2) is 0 Å². The molecule has 0 unspecified atom stereocenters. The Labute approximate surface area is 162 Å². The third-order valence-electron chi connectivity index (χ3n) is 5.04. The zero-order valence-corrected chi connectivity index (χ0v) is 16.2. The van der Waals surface area contributed by atoms with E-state index in [0.29, 0.717) is 19.1 Å². The van der Waals surface area contributed by atoms with E-state index < -0.39 is 0 Å². The Morgan fingerprint density at radius 1 is 1.44 bits per heavy atom. The van der Waals surface area contributed by atoms with Crippen LogP contribution in [0, 0.1) is 0 Å². The van der Waals surface area contributed by atoms with Gasteiger partial charge in [-0.25, -0.2) is 4.98 Å². The Hall–Kier alpha value is -2.22. The molecule has 0 radical (unpaired) electrons. The van der Waals surface area contributed by atoms with Crippen molar-refractivity contribution in [1.82, 2.24) is 20.2 Å². The highest BCUT2D eigenvalue weighted by Gasteiger charge is 2.30. The summed E-state index contributed by atoms with van der Waals surface area (Å²) in [5, 5.41) is 4.20. The molecule has 1 aliphatic heterocycles. The summed E-state index contributed by atoms with van der Waals surface area (Å²) in [6, 6.07) is 8.33. The molecule has 1 aromatic carbocycles. The van der Waals surface area contributed by atoms with Crippen LogP contribution in [-0.2, 0) is 11.3 Å². The third kappa shape index (κ3) is 3.90. The van der Waals surface area contributed by atoms with Crippen LogP contribution in [0.15, 0.2) is 36.7 Å². The molecule has 1 amide bonds. The largest absolute Gasteiger partial charge is 0.383 e. The molecule has 27 heavy (non-hydrogen) atoms. The van der Waals surface area contributed by atoms with E-state index in [9.17, 15) is 4.79 Å². The number of likely N-dealkylation sites (tertiary alicyclic amines) is 1. The van der Waals surface area contributed by atoms with Gasteiger partial charge in [-0.3, -0.25) is 9.69 Å². The van der Waals surface area contributed by atoms with Crippen LogP contribution in [0.4, 0.5) is 0 Å². The fourth-order valence-electron chi connectivity index (χ4n) is 3.79. The number of aromatic nitrogens is 2. The Morgan fingerprint density at radius 2 is 2.33 bits per heavy atom. The number of nitrogens with zero attached hydrogens (tertiary/aromatic N) is 2. The van der Waals surface area contributed by atoms with Crippen LogP contribution in [0.25, 0.3) is 10.1 Å².